The molecule has 2 unspecified atom stereocenters. The van der Waals surface area contributed by atoms with Gasteiger partial charge in [-0.1, -0.05) is 30.3 Å². The third kappa shape index (κ3) is 5.57. The van der Waals surface area contributed by atoms with Crippen LogP contribution in [-0.2, 0) is 9.84 Å². The van der Waals surface area contributed by atoms with Crippen molar-refractivity contribution in [1.82, 2.24) is 0 Å². The maximum Gasteiger partial charge on any atom is 0.148 e. The summed E-state index contributed by atoms with van der Waals surface area (Å²) < 4.78 is 22.1. The summed E-state index contributed by atoms with van der Waals surface area (Å²) in [5, 5.41) is 0.151. The predicted molar refractivity (Wildman–Crippen MR) is 75.0 cm³/mol. The molecule has 0 bridgehead atoms. The van der Waals surface area contributed by atoms with Crippen LogP contribution < -0.4 is 5.73 Å². The van der Waals surface area contributed by atoms with E-state index in [-0.39, 0.29) is 17.0 Å². The van der Waals surface area contributed by atoms with Crippen molar-refractivity contribution in [3.63, 3.8) is 0 Å². The van der Waals surface area contributed by atoms with Crippen molar-refractivity contribution in [2.45, 2.75) is 18.2 Å². The molecule has 17 heavy (non-hydrogen) atoms. The fourth-order valence-corrected chi connectivity index (χ4v) is 4.02. The van der Waals surface area contributed by atoms with Crippen LogP contribution in [0.5, 0.6) is 0 Å². The number of rotatable bonds is 6. The third-order valence-corrected chi connectivity index (χ3v) is 5.06. The second-order valence-electron chi connectivity index (χ2n) is 4.19. The molecule has 3 nitrogen and oxygen atoms in total. The molecule has 0 spiro atoms. The van der Waals surface area contributed by atoms with E-state index in [1.807, 2.05) is 37.3 Å². The first-order valence-electron chi connectivity index (χ1n) is 5.50. The van der Waals surface area contributed by atoms with Gasteiger partial charge in [-0.3, -0.25) is 0 Å². The Bertz CT molecular complexity index is 429. The van der Waals surface area contributed by atoms with E-state index in [0.29, 0.717) is 5.75 Å². The Morgan fingerprint density at radius 2 is 1.88 bits per heavy atom. The van der Waals surface area contributed by atoms with Gasteiger partial charge in [-0.2, -0.15) is 11.8 Å². The van der Waals surface area contributed by atoms with Crippen LogP contribution in [0.1, 0.15) is 17.7 Å². The summed E-state index contributed by atoms with van der Waals surface area (Å²) >= 11 is 1.61. The summed E-state index contributed by atoms with van der Waals surface area (Å²) in [6, 6.07) is 9.97. The number of hydrogen-bond acceptors (Lipinski definition) is 4. The van der Waals surface area contributed by atoms with E-state index in [4.69, 9.17) is 5.73 Å². The molecule has 0 aliphatic carbocycles. The minimum Gasteiger partial charge on any atom is -0.327 e. The van der Waals surface area contributed by atoms with Gasteiger partial charge in [0.15, 0.2) is 0 Å². The first-order chi connectivity index (χ1) is 7.90. The second kappa shape index (κ2) is 6.42. The van der Waals surface area contributed by atoms with Crippen LogP contribution >= 0.6 is 11.8 Å². The zero-order chi connectivity index (χ0) is 12.9. The lowest BCUT2D eigenvalue weighted by atomic mass is 10.1. The van der Waals surface area contributed by atoms with Crippen LogP contribution in [0.3, 0.4) is 0 Å². The van der Waals surface area contributed by atoms with E-state index in [9.17, 15) is 8.42 Å². The number of thioether (sulfide) groups is 1. The van der Waals surface area contributed by atoms with Crippen LogP contribution in [-0.4, -0.2) is 32.2 Å². The van der Waals surface area contributed by atoms with Gasteiger partial charge in [0.2, 0.25) is 0 Å². The Morgan fingerprint density at radius 1 is 1.29 bits per heavy atom. The fraction of sp³-hybridized carbons (Fsp3) is 0.500. The van der Waals surface area contributed by atoms with E-state index in [0.717, 1.165) is 5.56 Å². The maximum absolute atomic E-state index is 11.1. The van der Waals surface area contributed by atoms with Crippen molar-refractivity contribution in [3.8, 4) is 0 Å². The molecule has 5 heteroatoms. The minimum atomic E-state index is -2.89. The monoisotopic (exact) mass is 273 g/mol. The topological polar surface area (TPSA) is 60.2 Å². The van der Waals surface area contributed by atoms with Crippen LogP contribution in [0.2, 0.25) is 0 Å². The molecule has 2 atom stereocenters. The summed E-state index contributed by atoms with van der Waals surface area (Å²) in [5.74, 6) is 0.785. The molecule has 0 amide bonds. The molecule has 0 aromatic heterocycles. The van der Waals surface area contributed by atoms with Crippen LogP contribution in [0.4, 0.5) is 0 Å². The number of benzene rings is 1. The Morgan fingerprint density at radius 3 is 2.35 bits per heavy atom. The van der Waals surface area contributed by atoms with Gasteiger partial charge in [0.25, 0.3) is 0 Å². The summed E-state index contributed by atoms with van der Waals surface area (Å²) in [4.78, 5) is 0. The van der Waals surface area contributed by atoms with Gasteiger partial charge in [-0.05, 0) is 12.5 Å². The van der Waals surface area contributed by atoms with Crippen molar-refractivity contribution in [2.75, 3.05) is 17.8 Å². The molecular weight excluding hydrogens is 254 g/mol. The Kier molecular flexibility index (Phi) is 5.49. The molecule has 1 aromatic carbocycles. The maximum atomic E-state index is 11.1. The highest BCUT2D eigenvalue weighted by Gasteiger charge is 2.17. The molecule has 0 fully saturated rings. The molecule has 0 aliphatic heterocycles. The number of nitrogens with two attached hydrogens (primary N) is 1. The highest BCUT2D eigenvalue weighted by Crippen LogP contribution is 2.31. The lowest BCUT2D eigenvalue weighted by molar-refractivity contribution is 0.603. The SMILES string of the molecule is CC(N)C(SCCS(C)(=O)=O)c1ccccc1. The molecule has 0 radical (unpaired) electrons. The van der Waals surface area contributed by atoms with Crippen molar-refractivity contribution >= 4 is 21.6 Å². The van der Waals surface area contributed by atoms with E-state index >= 15 is 0 Å². The lowest BCUT2D eigenvalue weighted by Crippen LogP contribution is -2.23. The van der Waals surface area contributed by atoms with E-state index in [1.54, 1.807) is 11.8 Å². The van der Waals surface area contributed by atoms with Gasteiger partial charge in [0.1, 0.15) is 9.84 Å². The van der Waals surface area contributed by atoms with Crippen molar-refractivity contribution in [3.05, 3.63) is 35.9 Å². The first kappa shape index (κ1) is 14.5. The molecule has 0 saturated heterocycles. The third-order valence-electron chi connectivity index (χ3n) is 2.36. The van der Waals surface area contributed by atoms with E-state index < -0.39 is 9.84 Å². The molecule has 0 saturated carbocycles. The molecule has 2 N–H and O–H groups in total. The van der Waals surface area contributed by atoms with Gasteiger partial charge in [-0.15, -0.1) is 0 Å². The Labute approximate surface area is 108 Å². The van der Waals surface area contributed by atoms with Gasteiger partial charge in [0, 0.05) is 23.3 Å². The number of sulfone groups is 1. The Balaban J connectivity index is 2.63. The second-order valence-corrected chi connectivity index (χ2v) is 7.70. The zero-order valence-electron chi connectivity index (χ0n) is 10.2. The summed E-state index contributed by atoms with van der Waals surface area (Å²) in [6.45, 7) is 1.95. The van der Waals surface area contributed by atoms with Crippen molar-refractivity contribution < 1.29 is 8.42 Å². The van der Waals surface area contributed by atoms with E-state index in [2.05, 4.69) is 0 Å². The zero-order valence-corrected chi connectivity index (χ0v) is 11.8. The summed E-state index contributed by atoms with van der Waals surface area (Å²) in [5.41, 5.74) is 7.10. The molecule has 1 aromatic rings. The molecule has 96 valence electrons. The van der Waals surface area contributed by atoms with Crippen LogP contribution in [0, 0.1) is 0 Å². The molecule has 1 rings (SSSR count). The molecule has 0 heterocycles. The lowest BCUT2D eigenvalue weighted by Gasteiger charge is -2.20. The van der Waals surface area contributed by atoms with Gasteiger partial charge in [0.05, 0.1) is 5.75 Å². The average Bonchev–Trinajstić information content (AvgIpc) is 2.23. The highest BCUT2D eigenvalue weighted by molar-refractivity contribution is 8.00. The van der Waals surface area contributed by atoms with Gasteiger partial charge >= 0.3 is 0 Å². The molecular formula is C12H19NO2S2. The van der Waals surface area contributed by atoms with Crippen molar-refractivity contribution in [1.29, 1.82) is 0 Å². The quantitative estimate of drug-likeness (QED) is 0.859. The highest BCUT2D eigenvalue weighted by atomic mass is 32.2. The Hall–Kier alpha value is -0.520. The van der Waals surface area contributed by atoms with Crippen LogP contribution in [0.25, 0.3) is 0 Å². The smallest absolute Gasteiger partial charge is 0.148 e. The number of hydrogen-bond donors (Lipinski definition) is 1. The van der Waals surface area contributed by atoms with Gasteiger partial charge in [-0.25, -0.2) is 8.42 Å². The van der Waals surface area contributed by atoms with Gasteiger partial charge < -0.3 is 5.73 Å². The normalized spacial score (nSPS) is 15.5. The van der Waals surface area contributed by atoms with Crippen molar-refractivity contribution in [2.24, 2.45) is 5.73 Å². The standard InChI is InChI=1S/C12H19NO2S2/c1-10(13)12(11-6-4-3-5-7-11)16-8-9-17(2,14)15/h3-7,10,12H,8-9,13H2,1-2H3. The first-order valence-corrected chi connectivity index (χ1v) is 8.61. The predicted octanol–water partition coefficient (Wildman–Crippen LogP) is 1.85. The largest absolute Gasteiger partial charge is 0.327 e. The minimum absolute atomic E-state index is 0.00182. The van der Waals surface area contributed by atoms with E-state index in [1.165, 1.54) is 6.26 Å². The van der Waals surface area contributed by atoms with Crippen LogP contribution in [0.15, 0.2) is 30.3 Å². The fourth-order valence-electron chi connectivity index (χ4n) is 1.52. The average molecular weight is 273 g/mol. The summed E-state index contributed by atoms with van der Waals surface area (Å²) in [6.07, 6.45) is 1.26. The summed E-state index contributed by atoms with van der Waals surface area (Å²) in [7, 11) is -2.89. The molecule has 0 aliphatic rings.